The number of unbranched alkanes of at least 4 members (excludes halogenated alkanes) is 4. The fraction of sp³-hybridized carbons (Fsp3) is 0.550. The molecule has 27 heavy (non-hydrogen) atoms. The molecule has 0 heterocycles. The quantitative estimate of drug-likeness (QED) is 0.154. The zero-order chi connectivity index (χ0) is 20.3. The molecular formula is C20H29N2O5. The average molecular weight is 377 g/mol. The molecule has 0 aromatic rings. The van der Waals surface area contributed by atoms with E-state index in [0.29, 0.717) is 38.5 Å². The first kappa shape index (κ1) is 24.4. The predicted molar refractivity (Wildman–Crippen MR) is 106 cm³/mol. The van der Waals surface area contributed by atoms with Crippen LogP contribution in [0.15, 0.2) is 47.9 Å². The predicted octanol–water partition coefficient (Wildman–Crippen LogP) is 5.45. The molecule has 1 radical (unpaired) electrons. The molecule has 0 N–H and O–H groups in total. The number of carbonyl (C=O) groups excluding carboxylic acids is 1. The van der Waals surface area contributed by atoms with Gasteiger partial charge in [-0.1, -0.05) is 44.1 Å². The molecule has 7 heteroatoms. The highest BCUT2D eigenvalue weighted by Gasteiger charge is 2.08. The lowest BCUT2D eigenvalue weighted by atomic mass is 10.1. The van der Waals surface area contributed by atoms with Crippen molar-refractivity contribution in [3.8, 4) is 0 Å². The van der Waals surface area contributed by atoms with Crippen LogP contribution in [0.4, 0.5) is 0 Å². The van der Waals surface area contributed by atoms with E-state index in [9.17, 15) is 25.0 Å². The molecule has 0 aromatic heterocycles. The van der Waals surface area contributed by atoms with Crippen LogP contribution in [0, 0.1) is 20.2 Å². The van der Waals surface area contributed by atoms with Crippen molar-refractivity contribution in [3.05, 3.63) is 68.1 Å². The van der Waals surface area contributed by atoms with E-state index in [2.05, 4.69) is 0 Å². The Hall–Kier alpha value is -2.57. The van der Waals surface area contributed by atoms with Gasteiger partial charge >= 0.3 is 0 Å². The summed E-state index contributed by atoms with van der Waals surface area (Å²) in [6.45, 7) is 2.05. The van der Waals surface area contributed by atoms with Crippen molar-refractivity contribution in [3.63, 3.8) is 0 Å². The third-order valence-electron chi connectivity index (χ3n) is 3.79. The zero-order valence-corrected chi connectivity index (χ0v) is 16.0. The lowest BCUT2D eigenvalue weighted by Gasteiger charge is -1.97. The van der Waals surface area contributed by atoms with Crippen LogP contribution in [0.5, 0.6) is 0 Å². The van der Waals surface area contributed by atoms with Crippen LogP contribution in [0.25, 0.3) is 0 Å². The van der Waals surface area contributed by atoms with Gasteiger partial charge in [-0.25, -0.2) is 0 Å². The van der Waals surface area contributed by atoms with Gasteiger partial charge in [0.15, 0.2) is 6.29 Å². The van der Waals surface area contributed by atoms with Crippen LogP contribution in [0.3, 0.4) is 0 Å². The van der Waals surface area contributed by atoms with E-state index in [-0.39, 0.29) is 22.7 Å². The first-order valence-electron chi connectivity index (χ1n) is 9.34. The molecule has 0 amide bonds. The van der Waals surface area contributed by atoms with Crippen LogP contribution in [0.2, 0.25) is 0 Å². The molecule has 0 bridgehead atoms. The van der Waals surface area contributed by atoms with Crippen molar-refractivity contribution in [1.29, 1.82) is 0 Å². The second-order valence-electron chi connectivity index (χ2n) is 6.02. The van der Waals surface area contributed by atoms with E-state index in [1.807, 2.05) is 13.0 Å². The molecule has 7 nitrogen and oxygen atoms in total. The number of allylic oxidation sites excluding steroid dienone is 7. The molecule has 0 rings (SSSR count). The van der Waals surface area contributed by atoms with E-state index in [0.717, 1.165) is 19.3 Å². The van der Waals surface area contributed by atoms with Gasteiger partial charge in [0.2, 0.25) is 11.4 Å². The normalized spacial score (nSPS) is 12.8. The Labute approximate surface area is 160 Å². The number of nitrogens with zero attached hydrogens (tertiary/aromatic N) is 2. The smallest absolute Gasteiger partial charge is 0.246 e. The summed E-state index contributed by atoms with van der Waals surface area (Å²) in [5.74, 6) is 0. The van der Waals surface area contributed by atoms with Crippen LogP contribution in [-0.2, 0) is 4.79 Å². The maximum Gasteiger partial charge on any atom is 0.246 e. The fourth-order valence-corrected chi connectivity index (χ4v) is 2.27. The van der Waals surface area contributed by atoms with E-state index in [1.54, 1.807) is 36.7 Å². The van der Waals surface area contributed by atoms with Gasteiger partial charge in [-0.15, -0.1) is 0 Å². The Balaban J connectivity index is 4.41. The summed E-state index contributed by atoms with van der Waals surface area (Å²) in [5, 5.41) is 22.0. The van der Waals surface area contributed by atoms with Gasteiger partial charge in [0.25, 0.3) is 0 Å². The summed E-state index contributed by atoms with van der Waals surface area (Å²) in [6.07, 6.45) is 18.2. The SMILES string of the molecule is CCCCC/C(=C\C/C=C\C/C=C(\C/C=C\CCC[C]=O)[N+](=O)[O-])[N+](=O)[O-]. The Bertz CT molecular complexity index is 577. The lowest BCUT2D eigenvalue weighted by Crippen LogP contribution is -1.98. The van der Waals surface area contributed by atoms with Crippen molar-refractivity contribution >= 4 is 6.29 Å². The molecule has 0 spiro atoms. The second-order valence-corrected chi connectivity index (χ2v) is 6.02. The van der Waals surface area contributed by atoms with E-state index in [4.69, 9.17) is 0 Å². The van der Waals surface area contributed by atoms with Gasteiger partial charge in [-0.05, 0) is 44.3 Å². The molecule has 0 atom stereocenters. The highest BCUT2D eigenvalue weighted by Crippen LogP contribution is 2.11. The van der Waals surface area contributed by atoms with E-state index in [1.165, 1.54) is 0 Å². The summed E-state index contributed by atoms with van der Waals surface area (Å²) in [6, 6.07) is 0. The summed E-state index contributed by atoms with van der Waals surface area (Å²) in [5.41, 5.74) is 0.339. The van der Waals surface area contributed by atoms with Crippen LogP contribution >= 0.6 is 0 Å². The minimum atomic E-state index is -0.407. The van der Waals surface area contributed by atoms with Crippen LogP contribution < -0.4 is 0 Å². The van der Waals surface area contributed by atoms with Gasteiger partial charge in [0.05, 0.1) is 16.3 Å². The molecule has 0 aliphatic rings. The second kappa shape index (κ2) is 16.9. The van der Waals surface area contributed by atoms with Gasteiger partial charge in [0.1, 0.15) is 0 Å². The Morgan fingerprint density at radius 1 is 0.889 bits per heavy atom. The first-order chi connectivity index (χ1) is 13.0. The Morgan fingerprint density at radius 2 is 1.52 bits per heavy atom. The molecule has 0 aromatic carbocycles. The molecule has 0 fully saturated rings. The minimum absolute atomic E-state index is 0.110. The maximum absolute atomic E-state index is 11.0. The third-order valence-corrected chi connectivity index (χ3v) is 3.79. The van der Waals surface area contributed by atoms with E-state index >= 15 is 0 Å². The van der Waals surface area contributed by atoms with Crippen LogP contribution in [0.1, 0.15) is 71.1 Å². The zero-order valence-electron chi connectivity index (χ0n) is 16.0. The van der Waals surface area contributed by atoms with Crippen LogP contribution in [-0.4, -0.2) is 16.1 Å². The topological polar surface area (TPSA) is 103 Å². The summed E-state index contributed by atoms with van der Waals surface area (Å²) in [4.78, 5) is 31.3. The van der Waals surface area contributed by atoms with Crippen molar-refractivity contribution in [2.24, 2.45) is 0 Å². The van der Waals surface area contributed by atoms with Gasteiger partial charge < -0.3 is 0 Å². The Morgan fingerprint density at radius 3 is 2.07 bits per heavy atom. The molecule has 0 aliphatic heterocycles. The van der Waals surface area contributed by atoms with Crippen molar-refractivity contribution in [2.75, 3.05) is 0 Å². The largest absolute Gasteiger partial charge is 0.291 e. The van der Waals surface area contributed by atoms with Crippen molar-refractivity contribution < 1.29 is 14.6 Å². The highest BCUT2D eigenvalue weighted by atomic mass is 16.6. The van der Waals surface area contributed by atoms with Crippen molar-refractivity contribution in [1.82, 2.24) is 0 Å². The monoisotopic (exact) mass is 377 g/mol. The summed E-state index contributed by atoms with van der Waals surface area (Å²) >= 11 is 0. The standard InChI is InChI=1S/C20H29N2O5/c1-2-3-9-14-19(21(24)25)16-11-6-7-12-17-20(22(26)27)15-10-5-4-8-13-18-23/h5-7,10,16-17H,2-4,8-9,11-15H2,1H3/b7-6-,10-5-,19-16+,20-17+. The lowest BCUT2D eigenvalue weighted by molar-refractivity contribution is -0.428. The van der Waals surface area contributed by atoms with Gasteiger partial charge in [-0.3, -0.25) is 25.0 Å². The molecule has 0 aliphatic carbocycles. The molecular weight excluding hydrogens is 348 g/mol. The molecule has 149 valence electrons. The number of hydrogen-bond donors (Lipinski definition) is 0. The molecule has 0 saturated heterocycles. The molecule has 0 unspecified atom stereocenters. The van der Waals surface area contributed by atoms with E-state index < -0.39 is 4.92 Å². The third kappa shape index (κ3) is 14.3. The Kier molecular flexibility index (Phi) is 15.3. The molecule has 0 saturated carbocycles. The van der Waals surface area contributed by atoms with Gasteiger partial charge in [0, 0.05) is 12.8 Å². The first-order valence-corrected chi connectivity index (χ1v) is 9.34. The van der Waals surface area contributed by atoms with Crippen molar-refractivity contribution in [2.45, 2.75) is 71.1 Å². The summed E-state index contributed by atoms with van der Waals surface area (Å²) < 4.78 is 0. The van der Waals surface area contributed by atoms with Gasteiger partial charge in [-0.2, -0.15) is 0 Å². The minimum Gasteiger partial charge on any atom is -0.291 e. The fourth-order valence-electron chi connectivity index (χ4n) is 2.27. The highest BCUT2D eigenvalue weighted by molar-refractivity contribution is 5.50. The number of nitro groups is 2. The number of rotatable bonds is 16. The average Bonchev–Trinajstić information content (AvgIpc) is 2.63. The summed E-state index contributed by atoms with van der Waals surface area (Å²) in [7, 11) is 0. The maximum atomic E-state index is 11.0. The number of hydrogen-bond acceptors (Lipinski definition) is 5.